The Morgan fingerprint density at radius 1 is 1.42 bits per heavy atom. The molecule has 1 heterocycles. The molecule has 2 aromatic rings. The highest BCUT2D eigenvalue weighted by Crippen LogP contribution is 2.38. The lowest BCUT2D eigenvalue weighted by molar-refractivity contribution is -0.385. The minimum atomic E-state index is -0.503. The first-order chi connectivity index (χ1) is 12.4. The summed E-state index contributed by atoms with van der Waals surface area (Å²) in [5, 5.41) is 24.7. The Kier molecular flexibility index (Phi) is 6.56. The van der Waals surface area contributed by atoms with Crippen LogP contribution < -0.4 is 9.47 Å². The maximum atomic E-state index is 11.4. The number of methoxy groups -OCH3 is 1. The van der Waals surface area contributed by atoms with Crippen LogP contribution in [0.2, 0.25) is 0 Å². The predicted molar refractivity (Wildman–Crippen MR) is 99.7 cm³/mol. The first kappa shape index (κ1) is 19.7. The van der Waals surface area contributed by atoms with Crippen molar-refractivity contribution in [1.29, 1.82) is 0 Å². The second kappa shape index (κ2) is 8.65. The Morgan fingerprint density at radius 2 is 2.15 bits per heavy atom. The van der Waals surface area contributed by atoms with Gasteiger partial charge in [-0.1, -0.05) is 25.6 Å². The molecule has 2 rings (SSSR count). The number of nitro benzene ring substituents is 1. The molecule has 0 atom stereocenters. The van der Waals surface area contributed by atoms with E-state index in [4.69, 9.17) is 9.47 Å². The molecule has 0 saturated carbocycles. The smallest absolute Gasteiger partial charge is 0.315 e. The molecule has 0 aliphatic carbocycles. The summed E-state index contributed by atoms with van der Waals surface area (Å²) in [7, 11) is 1.44. The topological polar surface area (TPSA) is 105 Å². The molecule has 0 saturated heterocycles. The van der Waals surface area contributed by atoms with Gasteiger partial charge >= 0.3 is 5.69 Å². The van der Waals surface area contributed by atoms with Gasteiger partial charge in [0.2, 0.25) is 10.9 Å². The lowest BCUT2D eigenvalue weighted by atomic mass is 10.2. The fourth-order valence-corrected chi connectivity index (χ4v) is 2.69. The Balaban J connectivity index is 2.50. The highest BCUT2D eigenvalue weighted by atomic mass is 32.2. The lowest BCUT2D eigenvalue weighted by Crippen LogP contribution is -2.03. The predicted octanol–water partition coefficient (Wildman–Crippen LogP) is 3.32. The average molecular weight is 379 g/mol. The largest absolute Gasteiger partial charge is 0.493 e. The first-order valence-corrected chi connectivity index (χ1v) is 9.18. The number of nitrogens with zero attached hydrogens (tertiary/aromatic N) is 5. The van der Waals surface area contributed by atoms with Gasteiger partial charge in [-0.3, -0.25) is 10.1 Å². The first-order valence-electron chi connectivity index (χ1n) is 7.95. The van der Waals surface area contributed by atoms with Crippen LogP contribution in [0.5, 0.6) is 11.5 Å². The van der Waals surface area contributed by atoms with Crippen molar-refractivity contribution in [3.63, 3.8) is 0 Å². The Morgan fingerprint density at radius 3 is 2.69 bits per heavy atom. The van der Waals surface area contributed by atoms with Gasteiger partial charge in [-0.25, -0.2) is 0 Å². The van der Waals surface area contributed by atoms with Crippen molar-refractivity contribution >= 4 is 23.7 Å². The van der Waals surface area contributed by atoms with Crippen LogP contribution in [0.1, 0.15) is 38.1 Å². The second-order valence-corrected chi connectivity index (χ2v) is 6.29. The molecule has 0 radical (unpaired) electrons. The molecule has 140 valence electrons. The van der Waals surface area contributed by atoms with Crippen LogP contribution in [-0.2, 0) is 0 Å². The van der Waals surface area contributed by atoms with Gasteiger partial charge in [-0.2, -0.15) is 9.78 Å². The zero-order valence-corrected chi connectivity index (χ0v) is 16.1. The molecule has 1 aromatic heterocycles. The number of ether oxygens (including phenoxy) is 2. The monoisotopic (exact) mass is 379 g/mol. The second-order valence-electron chi connectivity index (χ2n) is 5.52. The Bertz CT molecular complexity index is 819. The van der Waals surface area contributed by atoms with Crippen LogP contribution in [0.4, 0.5) is 5.69 Å². The van der Waals surface area contributed by atoms with Crippen molar-refractivity contribution in [3.8, 4) is 11.5 Å². The lowest BCUT2D eigenvalue weighted by Gasteiger charge is -2.10. The van der Waals surface area contributed by atoms with Gasteiger partial charge in [-0.15, -0.1) is 10.2 Å². The molecule has 0 aliphatic heterocycles. The zero-order valence-electron chi connectivity index (χ0n) is 15.3. The van der Waals surface area contributed by atoms with Crippen molar-refractivity contribution < 1.29 is 14.4 Å². The van der Waals surface area contributed by atoms with E-state index in [1.165, 1.54) is 31.2 Å². The summed E-state index contributed by atoms with van der Waals surface area (Å²) in [6, 6.07) is 3.04. The molecule has 0 unspecified atom stereocenters. The van der Waals surface area contributed by atoms with Crippen LogP contribution in [0.3, 0.4) is 0 Å². The molecule has 0 fully saturated rings. The quantitative estimate of drug-likeness (QED) is 0.300. The Labute approximate surface area is 155 Å². The third-order valence-electron chi connectivity index (χ3n) is 3.42. The standard InChI is InChI=1S/C16H21N5O4S/c1-6-25-14-12(21(22)23)7-11(8-13(14)24-4)9-17-20-15(10(2)3)18-19-16(20)26-5/h7-10H,6H2,1-5H3/b17-9-. The van der Waals surface area contributed by atoms with Gasteiger partial charge in [-0.05, 0) is 19.2 Å². The highest BCUT2D eigenvalue weighted by Gasteiger charge is 2.22. The van der Waals surface area contributed by atoms with Crippen molar-refractivity contribution in [3.05, 3.63) is 33.6 Å². The highest BCUT2D eigenvalue weighted by molar-refractivity contribution is 7.98. The SMILES string of the molecule is CCOc1c(OC)cc(/C=N\n2c(SC)nnc2C(C)C)cc1[N+](=O)[O-]. The number of thioether (sulfide) groups is 1. The molecule has 0 amide bonds. The number of hydrogen-bond acceptors (Lipinski definition) is 8. The van der Waals surface area contributed by atoms with Crippen LogP contribution in [0.15, 0.2) is 22.4 Å². The van der Waals surface area contributed by atoms with Gasteiger partial charge < -0.3 is 9.47 Å². The Hall–Kier alpha value is -2.62. The van der Waals surface area contributed by atoms with E-state index in [0.29, 0.717) is 23.2 Å². The van der Waals surface area contributed by atoms with Gasteiger partial charge in [0, 0.05) is 17.5 Å². The number of aromatic nitrogens is 3. The summed E-state index contributed by atoms with van der Waals surface area (Å²) in [6.45, 7) is 6.03. The molecular formula is C16H21N5O4S. The van der Waals surface area contributed by atoms with E-state index < -0.39 is 4.92 Å². The zero-order chi connectivity index (χ0) is 19.3. The molecule has 26 heavy (non-hydrogen) atoms. The summed E-state index contributed by atoms with van der Waals surface area (Å²) >= 11 is 1.42. The van der Waals surface area contributed by atoms with Crippen molar-refractivity contribution in [1.82, 2.24) is 14.9 Å². The van der Waals surface area contributed by atoms with Crippen LogP contribution >= 0.6 is 11.8 Å². The van der Waals surface area contributed by atoms with E-state index in [1.807, 2.05) is 20.1 Å². The third kappa shape index (κ3) is 4.13. The summed E-state index contributed by atoms with van der Waals surface area (Å²) in [6.07, 6.45) is 3.39. The minimum absolute atomic E-state index is 0.106. The molecular weight excluding hydrogens is 358 g/mol. The molecule has 0 spiro atoms. The molecule has 0 bridgehead atoms. The summed E-state index contributed by atoms with van der Waals surface area (Å²) < 4.78 is 12.2. The minimum Gasteiger partial charge on any atom is -0.493 e. The van der Waals surface area contributed by atoms with Gasteiger partial charge in [0.05, 0.1) is 24.9 Å². The molecule has 10 heteroatoms. The van der Waals surface area contributed by atoms with E-state index in [2.05, 4.69) is 15.3 Å². The normalized spacial score (nSPS) is 11.3. The fourth-order valence-electron chi connectivity index (χ4n) is 2.26. The van der Waals surface area contributed by atoms with E-state index in [-0.39, 0.29) is 23.1 Å². The van der Waals surface area contributed by atoms with E-state index in [0.717, 1.165) is 0 Å². The van der Waals surface area contributed by atoms with Crippen LogP contribution in [-0.4, -0.2) is 46.0 Å². The molecule has 0 aliphatic rings. The van der Waals surface area contributed by atoms with Crippen molar-refractivity contribution in [2.75, 3.05) is 20.0 Å². The average Bonchev–Trinajstić information content (AvgIpc) is 3.03. The number of rotatable bonds is 8. The van der Waals surface area contributed by atoms with Gasteiger partial charge in [0.25, 0.3) is 0 Å². The van der Waals surface area contributed by atoms with Gasteiger partial charge in [0.15, 0.2) is 11.6 Å². The molecule has 0 N–H and O–H groups in total. The third-order valence-corrected chi connectivity index (χ3v) is 4.04. The van der Waals surface area contributed by atoms with E-state index in [9.17, 15) is 10.1 Å². The summed E-state index contributed by atoms with van der Waals surface area (Å²) in [5.41, 5.74) is 0.332. The van der Waals surface area contributed by atoms with Gasteiger partial charge in [0.1, 0.15) is 0 Å². The maximum Gasteiger partial charge on any atom is 0.315 e. The number of benzene rings is 1. The van der Waals surface area contributed by atoms with E-state index in [1.54, 1.807) is 17.7 Å². The maximum absolute atomic E-state index is 11.4. The summed E-state index contributed by atoms with van der Waals surface area (Å²) in [4.78, 5) is 10.9. The summed E-state index contributed by atoms with van der Waals surface area (Å²) in [5.74, 6) is 1.22. The van der Waals surface area contributed by atoms with Crippen molar-refractivity contribution in [2.45, 2.75) is 31.8 Å². The van der Waals surface area contributed by atoms with Crippen LogP contribution in [0, 0.1) is 10.1 Å². The van der Waals surface area contributed by atoms with E-state index >= 15 is 0 Å². The molecule has 1 aromatic carbocycles. The fraction of sp³-hybridized carbons (Fsp3) is 0.438. The number of nitro groups is 1. The number of hydrogen-bond donors (Lipinski definition) is 0. The molecule has 9 nitrogen and oxygen atoms in total. The van der Waals surface area contributed by atoms with Crippen molar-refractivity contribution in [2.24, 2.45) is 5.10 Å². The van der Waals surface area contributed by atoms with Crippen LogP contribution in [0.25, 0.3) is 0 Å².